The lowest BCUT2D eigenvalue weighted by Crippen LogP contribution is -2.53. The molecule has 3 N–H and O–H groups in total. The second-order valence-electron chi connectivity index (χ2n) is 6.13. The number of carboxylic acids is 1. The minimum atomic E-state index is -0.957. The van der Waals surface area contributed by atoms with Gasteiger partial charge in [0.25, 0.3) is 5.91 Å². The molecule has 2 amide bonds. The zero-order valence-corrected chi connectivity index (χ0v) is 13.8. The largest absolute Gasteiger partial charge is 0.481 e. The van der Waals surface area contributed by atoms with Gasteiger partial charge in [-0.05, 0) is 37.5 Å². The zero-order chi connectivity index (χ0) is 17.7. The summed E-state index contributed by atoms with van der Waals surface area (Å²) in [5, 5.41) is 14.7. The van der Waals surface area contributed by atoms with Crippen molar-refractivity contribution in [3.05, 3.63) is 29.3 Å². The van der Waals surface area contributed by atoms with E-state index < -0.39 is 11.5 Å². The molecule has 0 atom stereocenters. The van der Waals surface area contributed by atoms with Crippen molar-refractivity contribution in [1.82, 2.24) is 5.32 Å². The molecule has 0 bridgehead atoms. The summed E-state index contributed by atoms with van der Waals surface area (Å²) in [6.07, 6.45) is 0.761. The van der Waals surface area contributed by atoms with Crippen LogP contribution in [0.15, 0.2) is 18.2 Å². The predicted octanol–water partition coefficient (Wildman–Crippen LogP) is 1.71. The summed E-state index contributed by atoms with van der Waals surface area (Å²) in [5.41, 5.74) is 0.881. The molecule has 0 spiro atoms. The number of amides is 2. The summed E-state index contributed by atoms with van der Waals surface area (Å²) in [6, 6.07) is 5.06. The number of aryl methyl sites for hydroxylation is 1. The maximum absolute atomic E-state index is 12.7. The SMILES string of the molecule is CC(=O)Nc1ccc(C)c(C(=O)NC2(CC(=O)O)CCOCC2)c1. The van der Waals surface area contributed by atoms with Crippen LogP contribution >= 0.6 is 0 Å². The van der Waals surface area contributed by atoms with Gasteiger partial charge >= 0.3 is 5.97 Å². The molecule has 130 valence electrons. The second kappa shape index (κ2) is 7.44. The fraction of sp³-hybridized carbons (Fsp3) is 0.471. The summed E-state index contributed by atoms with van der Waals surface area (Å²) >= 11 is 0. The van der Waals surface area contributed by atoms with Crippen molar-refractivity contribution in [1.29, 1.82) is 0 Å². The van der Waals surface area contributed by atoms with E-state index in [-0.39, 0.29) is 18.2 Å². The van der Waals surface area contributed by atoms with Gasteiger partial charge in [0.2, 0.25) is 5.91 Å². The first-order valence-corrected chi connectivity index (χ1v) is 7.82. The van der Waals surface area contributed by atoms with Gasteiger partial charge in [-0.3, -0.25) is 14.4 Å². The lowest BCUT2D eigenvalue weighted by Gasteiger charge is -2.37. The lowest BCUT2D eigenvalue weighted by atomic mass is 9.86. The summed E-state index contributed by atoms with van der Waals surface area (Å²) in [4.78, 5) is 35.1. The van der Waals surface area contributed by atoms with Gasteiger partial charge in [0, 0.05) is 31.4 Å². The van der Waals surface area contributed by atoms with Gasteiger partial charge in [-0.25, -0.2) is 0 Å². The van der Waals surface area contributed by atoms with E-state index >= 15 is 0 Å². The van der Waals surface area contributed by atoms with E-state index in [1.807, 2.05) is 0 Å². The molecule has 0 aliphatic carbocycles. The van der Waals surface area contributed by atoms with Crippen LogP contribution in [-0.4, -0.2) is 41.6 Å². The summed E-state index contributed by atoms with van der Waals surface area (Å²) in [6.45, 7) is 4.01. The Morgan fingerprint density at radius 1 is 1.25 bits per heavy atom. The normalized spacial score (nSPS) is 16.2. The predicted molar refractivity (Wildman–Crippen MR) is 88.0 cm³/mol. The van der Waals surface area contributed by atoms with E-state index in [1.165, 1.54) is 6.92 Å². The third kappa shape index (κ3) is 4.55. The highest BCUT2D eigenvalue weighted by Gasteiger charge is 2.36. The summed E-state index contributed by atoms with van der Waals surface area (Å²) in [5.74, 6) is -1.53. The number of nitrogens with one attached hydrogen (secondary N) is 2. The molecule has 0 radical (unpaired) electrons. The highest BCUT2D eigenvalue weighted by atomic mass is 16.5. The minimum absolute atomic E-state index is 0.146. The van der Waals surface area contributed by atoms with Crippen molar-refractivity contribution in [2.75, 3.05) is 18.5 Å². The van der Waals surface area contributed by atoms with Crippen molar-refractivity contribution in [3.63, 3.8) is 0 Å². The fourth-order valence-corrected chi connectivity index (χ4v) is 2.85. The molecule has 2 rings (SSSR count). The molecule has 7 nitrogen and oxygen atoms in total. The van der Waals surface area contributed by atoms with Crippen LogP contribution in [0.4, 0.5) is 5.69 Å². The Morgan fingerprint density at radius 2 is 1.92 bits per heavy atom. The smallest absolute Gasteiger partial charge is 0.305 e. The Labute approximate surface area is 140 Å². The van der Waals surface area contributed by atoms with Gasteiger partial charge in [-0.15, -0.1) is 0 Å². The minimum Gasteiger partial charge on any atom is -0.481 e. The Morgan fingerprint density at radius 3 is 2.50 bits per heavy atom. The van der Waals surface area contributed by atoms with Crippen LogP contribution in [0, 0.1) is 6.92 Å². The topological polar surface area (TPSA) is 105 Å². The van der Waals surface area contributed by atoms with E-state index in [2.05, 4.69) is 10.6 Å². The van der Waals surface area contributed by atoms with Gasteiger partial charge in [0.1, 0.15) is 0 Å². The fourth-order valence-electron chi connectivity index (χ4n) is 2.85. The van der Waals surface area contributed by atoms with E-state index in [1.54, 1.807) is 25.1 Å². The molecular weight excluding hydrogens is 312 g/mol. The molecule has 0 saturated carbocycles. The maximum atomic E-state index is 12.7. The number of hydrogen-bond donors (Lipinski definition) is 3. The molecule has 1 aromatic rings. The van der Waals surface area contributed by atoms with Crippen molar-refractivity contribution >= 4 is 23.5 Å². The molecule has 1 heterocycles. The molecule has 1 aliphatic heterocycles. The summed E-state index contributed by atoms with van der Waals surface area (Å²) < 4.78 is 5.29. The first-order valence-electron chi connectivity index (χ1n) is 7.82. The highest BCUT2D eigenvalue weighted by molar-refractivity contribution is 5.98. The molecule has 1 aliphatic rings. The quantitative estimate of drug-likeness (QED) is 0.760. The van der Waals surface area contributed by atoms with Crippen LogP contribution in [0.25, 0.3) is 0 Å². The van der Waals surface area contributed by atoms with E-state index in [9.17, 15) is 19.5 Å². The highest BCUT2D eigenvalue weighted by Crippen LogP contribution is 2.26. The molecule has 7 heteroatoms. The van der Waals surface area contributed by atoms with Gasteiger partial charge in [0.05, 0.1) is 12.0 Å². The third-order valence-electron chi connectivity index (χ3n) is 4.12. The van der Waals surface area contributed by atoms with Crippen LogP contribution in [0.1, 0.15) is 42.1 Å². The average Bonchev–Trinajstić information content (AvgIpc) is 2.48. The number of benzene rings is 1. The maximum Gasteiger partial charge on any atom is 0.305 e. The number of anilines is 1. The number of carboxylic acid groups (broad SMARTS) is 1. The molecule has 1 fully saturated rings. The Balaban J connectivity index is 2.23. The summed E-state index contributed by atoms with van der Waals surface area (Å²) in [7, 11) is 0. The number of rotatable bonds is 5. The standard InChI is InChI=1S/C17H22N2O5/c1-11-3-4-13(18-12(2)20)9-14(11)16(23)19-17(10-15(21)22)5-7-24-8-6-17/h3-4,9H,5-8,10H2,1-2H3,(H,18,20)(H,19,23)(H,21,22). The number of aliphatic carboxylic acids is 1. The van der Waals surface area contributed by atoms with Crippen LogP contribution < -0.4 is 10.6 Å². The van der Waals surface area contributed by atoms with E-state index in [0.717, 1.165) is 5.56 Å². The number of carbonyl (C=O) groups is 3. The van der Waals surface area contributed by atoms with Crippen LogP contribution in [0.5, 0.6) is 0 Å². The molecular formula is C17H22N2O5. The number of carbonyl (C=O) groups excluding carboxylic acids is 2. The lowest BCUT2D eigenvalue weighted by molar-refractivity contribution is -0.139. The monoisotopic (exact) mass is 334 g/mol. The van der Waals surface area contributed by atoms with Gasteiger partial charge in [0.15, 0.2) is 0 Å². The molecule has 0 unspecified atom stereocenters. The molecule has 0 aromatic heterocycles. The first kappa shape index (κ1) is 17.9. The molecule has 1 saturated heterocycles. The molecule has 1 aromatic carbocycles. The third-order valence-corrected chi connectivity index (χ3v) is 4.12. The number of ether oxygens (including phenoxy) is 1. The second-order valence-corrected chi connectivity index (χ2v) is 6.13. The zero-order valence-electron chi connectivity index (χ0n) is 13.8. The Kier molecular flexibility index (Phi) is 5.56. The van der Waals surface area contributed by atoms with Crippen LogP contribution in [0.3, 0.4) is 0 Å². The van der Waals surface area contributed by atoms with Gasteiger partial charge < -0.3 is 20.5 Å². The molecule has 24 heavy (non-hydrogen) atoms. The van der Waals surface area contributed by atoms with Crippen molar-refractivity contribution in [2.45, 2.75) is 38.6 Å². The Bertz CT molecular complexity index is 650. The van der Waals surface area contributed by atoms with E-state index in [0.29, 0.717) is 37.3 Å². The Hall–Kier alpha value is -2.41. The van der Waals surface area contributed by atoms with E-state index in [4.69, 9.17) is 4.74 Å². The van der Waals surface area contributed by atoms with Crippen molar-refractivity contribution in [3.8, 4) is 0 Å². The average molecular weight is 334 g/mol. The first-order chi connectivity index (χ1) is 11.3. The van der Waals surface area contributed by atoms with Crippen molar-refractivity contribution < 1.29 is 24.2 Å². The van der Waals surface area contributed by atoms with Crippen LogP contribution in [-0.2, 0) is 14.3 Å². The number of hydrogen-bond acceptors (Lipinski definition) is 4. The van der Waals surface area contributed by atoms with Gasteiger partial charge in [-0.2, -0.15) is 0 Å². The van der Waals surface area contributed by atoms with Crippen LogP contribution in [0.2, 0.25) is 0 Å². The van der Waals surface area contributed by atoms with Crippen molar-refractivity contribution in [2.24, 2.45) is 0 Å². The van der Waals surface area contributed by atoms with Gasteiger partial charge in [-0.1, -0.05) is 6.07 Å².